The topological polar surface area (TPSA) is 104 Å². The predicted molar refractivity (Wildman–Crippen MR) is 110 cm³/mol. The second-order valence-electron chi connectivity index (χ2n) is 7.08. The molecule has 0 radical (unpaired) electrons. The summed E-state index contributed by atoms with van der Waals surface area (Å²) in [6, 6.07) is 7.50. The maximum atomic E-state index is 10.1. The van der Waals surface area contributed by atoms with Crippen LogP contribution in [-0.2, 0) is 12.1 Å². The van der Waals surface area contributed by atoms with Crippen molar-refractivity contribution in [1.82, 2.24) is 20.2 Å². The van der Waals surface area contributed by atoms with Crippen LogP contribution in [0.1, 0.15) is 29.3 Å². The van der Waals surface area contributed by atoms with Crippen LogP contribution in [0.2, 0.25) is 0 Å². The van der Waals surface area contributed by atoms with Crippen LogP contribution in [0, 0.1) is 13.8 Å². The third kappa shape index (κ3) is 3.19. The Labute approximate surface area is 166 Å². The fourth-order valence-corrected chi connectivity index (χ4v) is 4.17. The van der Waals surface area contributed by atoms with Gasteiger partial charge in [-0.25, -0.2) is 9.97 Å². The Morgan fingerprint density at radius 2 is 1.86 bits per heavy atom. The van der Waals surface area contributed by atoms with E-state index in [1.807, 2.05) is 38.1 Å². The van der Waals surface area contributed by atoms with Gasteiger partial charge < -0.3 is 15.5 Å². The number of fused-ring (bicyclic) bond motifs is 3. The predicted octanol–water partition coefficient (Wildman–Crippen LogP) is 3.06. The monoisotopic (exact) mass is 395 g/mol. The van der Waals surface area contributed by atoms with Crippen molar-refractivity contribution in [3.8, 4) is 0 Å². The van der Waals surface area contributed by atoms with E-state index in [0.29, 0.717) is 12.1 Å². The molecule has 28 heavy (non-hydrogen) atoms. The summed E-state index contributed by atoms with van der Waals surface area (Å²) in [6.45, 7) is 5.83. The van der Waals surface area contributed by atoms with Gasteiger partial charge in [0.25, 0.3) is 0 Å². The van der Waals surface area contributed by atoms with E-state index in [2.05, 4.69) is 25.5 Å². The molecule has 1 atom stereocenters. The zero-order valence-corrected chi connectivity index (χ0v) is 16.7. The van der Waals surface area contributed by atoms with Gasteiger partial charge >= 0.3 is 0 Å². The molecule has 144 valence electrons. The highest BCUT2D eigenvalue weighted by Gasteiger charge is 2.21. The Morgan fingerprint density at radius 1 is 1.11 bits per heavy atom. The molecule has 7 nitrogen and oxygen atoms in total. The first-order valence-corrected chi connectivity index (χ1v) is 9.76. The van der Waals surface area contributed by atoms with Crippen LogP contribution in [0.4, 0.5) is 5.82 Å². The lowest BCUT2D eigenvalue weighted by Gasteiger charge is -2.21. The van der Waals surface area contributed by atoms with E-state index in [0.717, 1.165) is 43.1 Å². The van der Waals surface area contributed by atoms with E-state index < -0.39 is 5.60 Å². The van der Waals surface area contributed by atoms with E-state index in [-0.39, 0.29) is 6.61 Å². The van der Waals surface area contributed by atoms with Crippen LogP contribution >= 0.6 is 11.3 Å². The molecule has 0 aliphatic heterocycles. The number of nitrogens with one attached hydrogen (secondary N) is 1. The van der Waals surface area contributed by atoms with E-state index in [1.54, 1.807) is 13.3 Å². The van der Waals surface area contributed by atoms with Crippen LogP contribution in [-0.4, -0.2) is 37.0 Å². The third-order valence-electron chi connectivity index (χ3n) is 5.01. The Morgan fingerprint density at radius 3 is 2.57 bits per heavy atom. The number of benzene rings is 1. The lowest BCUT2D eigenvalue weighted by Crippen LogP contribution is -2.25. The van der Waals surface area contributed by atoms with Crippen molar-refractivity contribution in [1.29, 1.82) is 0 Å². The molecule has 4 aromatic rings. The zero-order valence-electron chi connectivity index (χ0n) is 15.9. The molecule has 0 spiro atoms. The number of hydrogen-bond donors (Lipinski definition) is 3. The van der Waals surface area contributed by atoms with Gasteiger partial charge in [0.05, 0.1) is 22.5 Å². The SMILES string of the molecule is Cc1nnc2sc3c(NCc4ccc(C(C)(O)CO)cc4)ncnc3c2c1C. The lowest BCUT2D eigenvalue weighted by molar-refractivity contribution is -0.00229. The summed E-state index contributed by atoms with van der Waals surface area (Å²) in [5.74, 6) is 0.761. The Balaban J connectivity index is 1.63. The number of aromatic nitrogens is 4. The second kappa shape index (κ2) is 7.05. The smallest absolute Gasteiger partial charge is 0.149 e. The van der Waals surface area contributed by atoms with Gasteiger partial charge in [-0.1, -0.05) is 24.3 Å². The Bertz CT molecular complexity index is 1150. The number of anilines is 1. The molecule has 8 heteroatoms. The van der Waals surface area contributed by atoms with Crippen molar-refractivity contribution in [3.63, 3.8) is 0 Å². The normalized spacial score (nSPS) is 13.8. The van der Waals surface area contributed by atoms with Crippen molar-refractivity contribution in [2.75, 3.05) is 11.9 Å². The molecule has 0 aliphatic rings. The first-order chi connectivity index (χ1) is 13.4. The molecule has 4 rings (SSSR count). The first kappa shape index (κ1) is 18.7. The molecule has 3 N–H and O–H groups in total. The van der Waals surface area contributed by atoms with Crippen molar-refractivity contribution >= 4 is 37.6 Å². The lowest BCUT2D eigenvalue weighted by atomic mass is 9.96. The van der Waals surface area contributed by atoms with Crippen molar-refractivity contribution < 1.29 is 10.2 Å². The Hall–Kier alpha value is -2.68. The van der Waals surface area contributed by atoms with E-state index in [4.69, 9.17) is 0 Å². The standard InChI is InChI=1S/C20H21N5O2S/c1-11-12(2)24-25-19-15(11)16-17(28-19)18(23-10-22-16)21-8-13-4-6-14(7-5-13)20(3,27)9-26/h4-7,10,26-27H,8-9H2,1-3H3,(H,21,22,23). The highest BCUT2D eigenvalue weighted by molar-refractivity contribution is 7.25. The summed E-state index contributed by atoms with van der Waals surface area (Å²) in [5.41, 5.74) is 3.36. The summed E-state index contributed by atoms with van der Waals surface area (Å²) < 4.78 is 0.959. The van der Waals surface area contributed by atoms with Gasteiger partial charge in [-0.15, -0.1) is 16.4 Å². The fourth-order valence-electron chi connectivity index (χ4n) is 3.07. The first-order valence-electron chi connectivity index (χ1n) is 8.94. The van der Waals surface area contributed by atoms with E-state index in [9.17, 15) is 10.2 Å². The number of nitrogens with zero attached hydrogens (tertiary/aromatic N) is 4. The second-order valence-corrected chi connectivity index (χ2v) is 8.07. The highest BCUT2D eigenvalue weighted by Crippen LogP contribution is 2.36. The number of aryl methyl sites for hydroxylation is 2. The van der Waals surface area contributed by atoms with Gasteiger partial charge in [0.2, 0.25) is 0 Å². The van der Waals surface area contributed by atoms with Crippen molar-refractivity contribution in [2.45, 2.75) is 32.9 Å². The number of hydrogen-bond acceptors (Lipinski definition) is 8. The van der Waals surface area contributed by atoms with E-state index >= 15 is 0 Å². The molecule has 0 saturated carbocycles. The summed E-state index contributed by atoms with van der Waals surface area (Å²) in [6.07, 6.45) is 1.56. The molecule has 0 aliphatic carbocycles. The molecule has 0 amide bonds. The maximum absolute atomic E-state index is 10.1. The largest absolute Gasteiger partial charge is 0.393 e. The zero-order chi connectivity index (χ0) is 19.9. The molecule has 3 aromatic heterocycles. The minimum Gasteiger partial charge on any atom is -0.393 e. The minimum absolute atomic E-state index is 0.322. The average molecular weight is 395 g/mol. The maximum Gasteiger partial charge on any atom is 0.149 e. The fraction of sp³-hybridized carbons (Fsp3) is 0.300. The Kier molecular flexibility index (Phi) is 4.70. The van der Waals surface area contributed by atoms with Crippen LogP contribution in [0.3, 0.4) is 0 Å². The van der Waals surface area contributed by atoms with Crippen molar-refractivity contribution in [2.24, 2.45) is 0 Å². The van der Waals surface area contributed by atoms with Gasteiger partial charge in [-0.05, 0) is 37.5 Å². The van der Waals surface area contributed by atoms with E-state index in [1.165, 1.54) is 11.3 Å². The molecular weight excluding hydrogens is 374 g/mol. The van der Waals surface area contributed by atoms with Crippen molar-refractivity contribution in [3.05, 3.63) is 53.0 Å². The average Bonchev–Trinajstić information content (AvgIpc) is 3.09. The molecule has 0 fully saturated rings. The highest BCUT2D eigenvalue weighted by atomic mass is 32.1. The van der Waals surface area contributed by atoms with Crippen LogP contribution in [0.15, 0.2) is 30.6 Å². The van der Waals surface area contributed by atoms with Gasteiger partial charge in [-0.3, -0.25) is 0 Å². The number of aliphatic hydroxyl groups is 2. The van der Waals surface area contributed by atoms with Gasteiger partial charge in [0.1, 0.15) is 22.6 Å². The quantitative estimate of drug-likeness (QED) is 0.477. The molecule has 1 unspecified atom stereocenters. The van der Waals surface area contributed by atoms with Crippen LogP contribution in [0.5, 0.6) is 0 Å². The minimum atomic E-state index is -1.24. The molecule has 1 aromatic carbocycles. The number of thiophene rings is 1. The summed E-state index contributed by atoms with van der Waals surface area (Å²) in [4.78, 5) is 9.74. The summed E-state index contributed by atoms with van der Waals surface area (Å²) >= 11 is 1.53. The number of rotatable bonds is 5. The number of aliphatic hydroxyl groups excluding tert-OH is 1. The molecule has 0 bridgehead atoms. The van der Waals surface area contributed by atoms with Gasteiger partial charge in [0, 0.05) is 11.9 Å². The summed E-state index contributed by atoms with van der Waals surface area (Å²) in [7, 11) is 0. The van der Waals surface area contributed by atoms with Gasteiger partial charge in [0.15, 0.2) is 0 Å². The third-order valence-corrected chi connectivity index (χ3v) is 6.08. The summed E-state index contributed by atoms with van der Waals surface area (Å²) in [5, 5.41) is 32.3. The molecule has 3 heterocycles. The molecular formula is C20H21N5O2S. The van der Waals surface area contributed by atoms with Gasteiger partial charge in [-0.2, -0.15) is 5.10 Å². The molecule has 0 saturated heterocycles. The van der Waals surface area contributed by atoms with Crippen LogP contribution < -0.4 is 5.32 Å². The van der Waals surface area contributed by atoms with Crippen LogP contribution in [0.25, 0.3) is 20.4 Å².